The molecule has 1 saturated heterocycles. The van der Waals surface area contributed by atoms with Crippen LogP contribution in [0.5, 0.6) is 0 Å². The topological polar surface area (TPSA) is 97.7 Å². The number of likely N-dealkylation sites (N-methyl/N-ethyl adjacent to an activating group) is 1. The van der Waals surface area contributed by atoms with Crippen molar-refractivity contribution < 1.29 is 9.18 Å². The first-order valence-electron chi connectivity index (χ1n) is 14.9. The minimum atomic E-state index is -0.452. The van der Waals surface area contributed by atoms with Gasteiger partial charge < -0.3 is 20.0 Å². The second kappa shape index (κ2) is 10.7. The number of piperazine rings is 1. The lowest BCUT2D eigenvalue weighted by Gasteiger charge is -2.34. The van der Waals surface area contributed by atoms with E-state index in [0.29, 0.717) is 30.1 Å². The van der Waals surface area contributed by atoms with Gasteiger partial charge in [0, 0.05) is 74.0 Å². The first-order chi connectivity index (χ1) is 21.1. The number of benzene rings is 2. The summed E-state index contributed by atoms with van der Waals surface area (Å²) in [6.45, 7) is 11.2. The molecule has 0 saturated carbocycles. The van der Waals surface area contributed by atoms with Crippen molar-refractivity contribution in [3.8, 4) is 11.3 Å². The molecule has 0 spiro atoms. The summed E-state index contributed by atoms with van der Waals surface area (Å²) < 4.78 is 15.7. The van der Waals surface area contributed by atoms with Crippen LogP contribution in [0.4, 0.5) is 21.6 Å². The molecule has 1 amide bonds. The van der Waals surface area contributed by atoms with Gasteiger partial charge in [-0.3, -0.25) is 9.89 Å². The second-order valence-corrected chi connectivity index (χ2v) is 12.8. The van der Waals surface area contributed by atoms with Crippen molar-refractivity contribution in [3.63, 3.8) is 0 Å². The van der Waals surface area contributed by atoms with Crippen LogP contribution in [0.3, 0.4) is 0 Å². The molecule has 5 aromatic rings. The van der Waals surface area contributed by atoms with Gasteiger partial charge in [-0.15, -0.1) is 0 Å². The maximum atomic E-state index is 14.0. The van der Waals surface area contributed by atoms with Gasteiger partial charge in [-0.1, -0.05) is 32.9 Å². The predicted molar refractivity (Wildman–Crippen MR) is 170 cm³/mol. The smallest absolute Gasteiger partial charge is 0.276 e. The fourth-order valence-corrected chi connectivity index (χ4v) is 6.17. The number of anilines is 3. The number of fused-ring (bicyclic) bond motifs is 2. The van der Waals surface area contributed by atoms with Crippen molar-refractivity contribution in [1.82, 2.24) is 29.7 Å². The third-order valence-electron chi connectivity index (χ3n) is 8.52. The Bertz CT molecular complexity index is 1850. The van der Waals surface area contributed by atoms with Gasteiger partial charge in [0.1, 0.15) is 11.6 Å². The molecule has 2 N–H and O–H groups in total. The fraction of sp³-hybridized carbons (Fsp3) is 0.333. The summed E-state index contributed by atoms with van der Waals surface area (Å²) in [5.74, 6) is 0.186. The summed E-state index contributed by atoms with van der Waals surface area (Å²) >= 11 is 0. The van der Waals surface area contributed by atoms with Gasteiger partial charge in [0.2, 0.25) is 0 Å². The van der Waals surface area contributed by atoms with E-state index in [2.05, 4.69) is 64.1 Å². The molecule has 0 bridgehead atoms. The standard InChI is InChI=1S/C33H36FN9O/c1-33(2,3)29-30(32(44)37-25-6-5-7-26(15-25)41-12-10-40(4)11-13-41)39-43-27(23-17-35-36-18-23)16-28(38-31(29)43)42-19-21-8-9-24(34)14-22(21)20-42/h5-9,14-18H,10-13,19-20H2,1-4H3,(H,35,36)(H,37,44). The highest BCUT2D eigenvalue weighted by atomic mass is 19.1. The lowest BCUT2D eigenvalue weighted by Crippen LogP contribution is -2.44. The molecule has 2 aliphatic heterocycles. The first-order valence-corrected chi connectivity index (χ1v) is 14.9. The van der Waals surface area contributed by atoms with Gasteiger partial charge in [-0.05, 0) is 53.9 Å². The molecule has 2 aliphatic rings. The highest BCUT2D eigenvalue weighted by Gasteiger charge is 2.32. The highest BCUT2D eigenvalue weighted by Crippen LogP contribution is 2.36. The monoisotopic (exact) mass is 593 g/mol. The van der Waals surface area contributed by atoms with E-state index in [1.54, 1.807) is 23.0 Å². The SMILES string of the molecule is CN1CCN(c2cccc(NC(=O)c3nn4c(-c5cn[nH]c5)cc(N5Cc6ccc(F)cc6C5)nc4c3C(C)(C)C)c2)CC1. The van der Waals surface area contributed by atoms with E-state index in [0.717, 1.165) is 65.6 Å². The van der Waals surface area contributed by atoms with E-state index in [1.165, 1.54) is 6.07 Å². The summed E-state index contributed by atoms with van der Waals surface area (Å²) in [6, 6.07) is 14.9. The lowest BCUT2D eigenvalue weighted by molar-refractivity contribution is 0.102. The van der Waals surface area contributed by atoms with Gasteiger partial charge in [0.05, 0.1) is 11.9 Å². The quantitative estimate of drug-likeness (QED) is 0.293. The highest BCUT2D eigenvalue weighted by molar-refractivity contribution is 6.05. The number of nitrogens with one attached hydrogen (secondary N) is 2. The van der Waals surface area contributed by atoms with E-state index in [4.69, 9.17) is 10.1 Å². The number of nitrogens with zero attached hydrogens (tertiary/aromatic N) is 7. The Morgan fingerprint density at radius 1 is 0.977 bits per heavy atom. The zero-order chi connectivity index (χ0) is 30.6. The molecule has 0 atom stereocenters. The lowest BCUT2D eigenvalue weighted by atomic mass is 9.86. The van der Waals surface area contributed by atoms with E-state index in [1.807, 2.05) is 30.3 Å². The summed E-state index contributed by atoms with van der Waals surface area (Å²) in [5.41, 5.74) is 6.61. The average molecular weight is 594 g/mol. The minimum absolute atomic E-state index is 0.247. The molecule has 226 valence electrons. The molecular formula is C33H36FN9O. The second-order valence-electron chi connectivity index (χ2n) is 12.8. The number of H-pyrrole nitrogens is 1. The average Bonchev–Trinajstić information content (AvgIpc) is 3.75. The molecule has 10 nitrogen and oxygen atoms in total. The van der Waals surface area contributed by atoms with Crippen LogP contribution in [-0.4, -0.2) is 68.8 Å². The van der Waals surface area contributed by atoms with Crippen molar-refractivity contribution >= 4 is 28.7 Å². The Balaban J connectivity index is 1.29. The van der Waals surface area contributed by atoms with Gasteiger partial charge in [0.25, 0.3) is 5.91 Å². The zero-order valence-corrected chi connectivity index (χ0v) is 25.4. The number of halogens is 1. The van der Waals surface area contributed by atoms with Crippen LogP contribution in [0.15, 0.2) is 60.9 Å². The van der Waals surface area contributed by atoms with Crippen molar-refractivity contribution in [3.05, 3.63) is 89.1 Å². The van der Waals surface area contributed by atoms with E-state index < -0.39 is 5.41 Å². The maximum Gasteiger partial charge on any atom is 0.276 e. The van der Waals surface area contributed by atoms with Crippen LogP contribution in [0, 0.1) is 5.82 Å². The van der Waals surface area contributed by atoms with Gasteiger partial charge >= 0.3 is 0 Å². The number of aromatic amines is 1. The molecule has 44 heavy (non-hydrogen) atoms. The van der Waals surface area contributed by atoms with Crippen molar-refractivity contribution in [2.24, 2.45) is 0 Å². The molecule has 3 aromatic heterocycles. The number of rotatable bonds is 5. The number of hydrogen-bond donors (Lipinski definition) is 2. The molecule has 1 fully saturated rings. The minimum Gasteiger partial charge on any atom is -0.369 e. The van der Waals surface area contributed by atoms with Crippen LogP contribution in [-0.2, 0) is 18.5 Å². The van der Waals surface area contributed by atoms with Gasteiger partial charge in [-0.2, -0.15) is 10.2 Å². The van der Waals surface area contributed by atoms with E-state index in [9.17, 15) is 9.18 Å². The van der Waals surface area contributed by atoms with Crippen LogP contribution in [0.1, 0.15) is 48.0 Å². The Labute approximate surface area is 255 Å². The number of aromatic nitrogens is 5. The summed E-state index contributed by atoms with van der Waals surface area (Å²) in [5, 5.41) is 15.1. The molecule has 5 heterocycles. The number of amides is 1. The Morgan fingerprint density at radius 2 is 1.77 bits per heavy atom. The number of carbonyl (C=O) groups excluding carboxylic acids is 1. The van der Waals surface area contributed by atoms with Gasteiger partial charge in [-0.25, -0.2) is 13.9 Å². The molecular weight excluding hydrogens is 557 g/mol. The van der Waals surface area contributed by atoms with Crippen LogP contribution >= 0.6 is 0 Å². The van der Waals surface area contributed by atoms with Crippen molar-refractivity contribution in [1.29, 1.82) is 0 Å². The predicted octanol–water partition coefficient (Wildman–Crippen LogP) is 5.08. The summed E-state index contributed by atoms with van der Waals surface area (Å²) in [7, 11) is 2.14. The van der Waals surface area contributed by atoms with Gasteiger partial charge in [0.15, 0.2) is 11.3 Å². The Morgan fingerprint density at radius 3 is 2.52 bits per heavy atom. The largest absolute Gasteiger partial charge is 0.369 e. The summed E-state index contributed by atoms with van der Waals surface area (Å²) in [4.78, 5) is 25.9. The number of carbonyl (C=O) groups is 1. The van der Waals surface area contributed by atoms with E-state index >= 15 is 0 Å². The van der Waals surface area contributed by atoms with Crippen LogP contribution < -0.4 is 15.1 Å². The third kappa shape index (κ3) is 5.17. The first kappa shape index (κ1) is 28.0. The molecule has 0 radical (unpaired) electrons. The van der Waals surface area contributed by atoms with Crippen LogP contribution in [0.2, 0.25) is 0 Å². The number of hydrogen-bond acceptors (Lipinski definition) is 7. The fourth-order valence-electron chi connectivity index (χ4n) is 6.17. The maximum absolute atomic E-state index is 14.0. The molecule has 2 aromatic carbocycles. The Kier molecular flexibility index (Phi) is 6.84. The normalized spacial score (nSPS) is 15.7. The van der Waals surface area contributed by atoms with Crippen molar-refractivity contribution in [2.75, 3.05) is 48.3 Å². The van der Waals surface area contributed by atoms with Crippen LogP contribution in [0.25, 0.3) is 16.9 Å². The zero-order valence-electron chi connectivity index (χ0n) is 25.4. The molecule has 7 rings (SSSR count). The van der Waals surface area contributed by atoms with E-state index in [-0.39, 0.29) is 11.7 Å². The van der Waals surface area contributed by atoms with Crippen molar-refractivity contribution in [2.45, 2.75) is 39.3 Å². The molecule has 0 unspecified atom stereocenters. The summed E-state index contributed by atoms with van der Waals surface area (Å²) in [6.07, 6.45) is 3.53. The molecule has 11 heteroatoms. The Hall–Kier alpha value is -4.77. The third-order valence-corrected chi connectivity index (χ3v) is 8.52. The molecule has 0 aliphatic carbocycles.